The van der Waals surface area contributed by atoms with Crippen LogP contribution in [0.5, 0.6) is 0 Å². The van der Waals surface area contributed by atoms with E-state index in [-0.39, 0.29) is 0 Å². The maximum Gasteiger partial charge on any atom is 0.156 e. The molecule has 0 unspecified atom stereocenters. The summed E-state index contributed by atoms with van der Waals surface area (Å²) < 4.78 is 0. The maximum atomic E-state index is 4.25. The van der Waals surface area contributed by atoms with Crippen molar-refractivity contribution in [3.8, 4) is 0 Å². The van der Waals surface area contributed by atoms with Crippen molar-refractivity contribution >= 4 is 22.4 Å². The molecule has 0 bridgehead atoms. The van der Waals surface area contributed by atoms with Gasteiger partial charge in [-0.25, -0.2) is 4.98 Å². The predicted molar refractivity (Wildman–Crippen MR) is 85.5 cm³/mol. The molecule has 2 N–H and O–H groups in total. The third-order valence-corrected chi connectivity index (χ3v) is 3.26. The molecule has 1 aromatic carbocycles. The van der Waals surface area contributed by atoms with E-state index in [0.717, 1.165) is 41.2 Å². The molecule has 3 rings (SSSR count). The van der Waals surface area contributed by atoms with Crippen molar-refractivity contribution in [2.45, 2.75) is 6.92 Å². The van der Waals surface area contributed by atoms with E-state index < -0.39 is 0 Å². The van der Waals surface area contributed by atoms with Crippen molar-refractivity contribution in [2.75, 3.05) is 23.7 Å². The summed E-state index contributed by atoms with van der Waals surface area (Å²) in [6.45, 7) is 3.49. The lowest BCUT2D eigenvalue weighted by atomic mass is 10.1. The lowest BCUT2D eigenvalue weighted by molar-refractivity contribution is 0.975. The molecule has 0 saturated heterocycles. The average Bonchev–Trinajstić information content (AvgIpc) is 2.55. The molecule has 5 heteroatoms. The molecule has 0 saturated carbocycles. The molecule has 0 aliphatic heterocycles. The molecular weight excluding hydrogens is 262 g/mol. The molecule has 106 valence electrons. The Hall–Kier alpha value is -2.69. The van der Waals surface area contributed by atoms with Crippen molar-refractivity contribution in [1.29, 1.82) is 0 Å². The molecule has 3 aromatic rings. The molecule has 0 radical (unpaired) electrons. The number of aromatic nitrogens is 3. The molecule has 2 heterocycles. The van der Waals surface area contributed by atoms with Crippen LogP contribution in [0.25, 0.3) is 10.8 Å². The molecule has 0 atom stereocenters. The number of aryl methyl sites for hydroxylation is 1. The highest BCUT2D eigenvalue weighted by atomic mass is 15.2. The van der Waals surface area contributed by atoms with Crippen LogP contribution in [-0.4, -0.2) is 28.3 Å². The second-order valence-electron chi connectivity index (χ2n) is 4.75. The van der Waals surface area contributed by atoms with Gasteiger partial charge in [-0.1, -0.05) is 30.3 Å². The largest absolute Gasteiger partial charge is 0.368 e. The van der Waals surface area contributed by atoms with E-state index in [1.165, 1.54) is 0 Å². The fourth-order valence-electron chi connectivity index (χ4n) is 2.21. The van der Waals surface area contributed by atoms with Gasteiger partial charge < -0.3 is 10.6 Å². The normalized spacial score (nSPS) is 10.5. The molecule has 2 aromatic heterocycles. The number of benzene rings is 1. The standard InChI is InChI=1S/C16H17N5/c1-12-13-6-2-3-7-14(13)16(21-20-12)19-11-10-18-15-8-4-5-9-17-15/h2-9H,10-11H2,1H3,(H,17,18)(H,19,21). The Bertz CT molecular complexity index is 727. The van der Waals surface area contributed by atoms with Crippen LogP contribution in [0.3, 0.4) is 0 Å². The summed E-state index contributed by atoms with van der Waals surface area (Å²) in [6.07, 6.45) is 1.77. The van der Waals surface area contributed by atoms with Crippen LogP contribution < -0.4 is 10.6 Å². The van der Waals surface area contributed by atoms with Crippen LogP contribution in [-0.2, 0) is 0 Å². The van der Waals surface area contributed by atoms with Gasteiger partial charge in [-0.05, 0) is 19.1 Å². The topological polar surface area (TPSA) is 62.7 Å². The first kappa shape index (κ1) is 13.3. The summed E-state index contributed by atoms with van der Waals surface area (Å²) in [5.41, 5.74) is 0.947. The molecule has 0 aliphatic rings. The third-order valence-electron chi connectivity index (χ3n) is 3.26. The number of anilines is 2. The quantitative estimate of drug-likeness (QED) is 0.703. The first-order chi connectivity index (χ1) is 10.3. The zero-order chi connectivity index (χ0) is 14.5. The number of pyridine rings is 1. The number of nitrogens with zero attached hydrogens (tertiary/aromatic N) is 3. The van der Waals surface area contributed by atoms with Crippen LogP contribution in [0.2, 0.25) is 0 Å². The maximum absolute atomic E-state index is 4.25. The second kappa shape index (κ2) is 6.17. The molecule has 0 amide bonds. The smallest absolute Gasteiger partial charge is 0.156 e. The summed E-state index contributed by atoms with van der Waals surface area (Å²) in [6, 6.07) is 14.0. The zero-order valence-corrected chi connectivity index (χ0v) is 11.9. The second-order valence-corrected chi connectivity index (χ2v) is 4.75. The van der Waals surface area contributed by atoms with Gasteiger partial charge in [-0.3, -0.25) is 0 Å². The van der Waals surface area contributed by atoms with E-state index in [9.17, 15) is 0 Å². The lowest BCUT2D eigenvalue weighted by Gasteiger charge is -2.10. The minimum Gasteiger partial charge on any atom is -0.368 e. The monoisotopic (exact) mass is 279 g/mol. The van der Waals surface area contributed by atoms with Crippen LogP contribution in [0, 0.1) is 6.92 Å². The van der Waals surface area contributed by atoms with Gasteiger partial charge in [0.25, 0.3) is 0 Å². The van der Waals surface area contributed by atoms with Crippen molar-refractivity contribution in [1.82, 2.24) is 15.2 Å². The molecular formula is C16H17N5. The fraction of sp³-hybridized carbons (Fsp3) is 0.188. The number of rotatable bonds is 5. The van der Waals surface area contributed by atoms with Crippen molar-refractivity contribution in [3.05, 3.63) is 54.4 Å². The highest BCUT2D eigenvalue weighted by Crippen LogP contribution is 2.21. The SMILES string of the molecule is Cc1nnc(NCCNc2ccccn2)c2ccccc12. The zero-order valence-electron chi connectivity index (χ0n) is 11.9. The Labute approximate surface area is 123 Å². The summed E-state index contributed by atoms with van der Waals surface area (Å²) in [7, 11) is 0. The van der Waals surface area contributed by atoms with E-state index in [1.54, 1.807) is 6.20 Å². The van der Waals surface area contributed by atoms with Crippen LogP contribution in [0.15, 0.2) is 48.7 Å². The fourth-order valence-corrected chi connectivity index (χ4v) is 2.21. The summed E-state index contributed by atoms with van der Waals surface area (Å²) in [5, 5.41) is 17.3. The van der Waals surface area contributed by atoms with Crippen LogP contribution in [0.1, 0.15) is 5.69 Å². The molecule has 5 nitrogen and oxygen atoms in total. The molecule has 21 heavy (non-hydrogen) atoms. The highest BCUT2D eigenvalue weighted by molar-refractivity contribution is 5.92. The Morgan fingerprint density at radius 3 is 2.43 bits per heavy atom. The number of nitrogens with one attached hydrogen (secondary N) is 2. The summed E-state index contributed by atoms with van der Waals surface area (Å²) in [4.78, 5) is 4.22. The van der Waals surface area contributed by atoms with Gasteiger partial charge in [0.05, 0.1) is 5.69 Å². The van der Waals surface area contributed by atoms with E-state index in [0.29, 0.717) is 0 Å². The molecule has 0 aliphatic carbocycles. The average molecular weight is 279 g/mol. The predicted octanol–water partition coefficient (Wildman–Crippen LogP) is 2.86. The van der Waals surface area contributed by atoms with Gasteiger partial charge in [0.15, 0.2) is 5.82 Å². The number of hydrogen-bond donors (Lipinski definition) is 2. The lowest BCUT2D eigenvalue weighted by Crippen LogP contribution is -2.15. The highest BCUT2D eigenvalue weighted by Gasteiger charge is 2.05. The van der Waals surface area contributed by atoms with E-state index in [2.05, 4.69) is 37.9 Å². The Morgan fingerprint density at radius 2 is 1.62 bits per heavy atom. The van der Waals surface area contributed by atoms with Gasteiger partial charge in [0.2, 0.25) is 0 Å². The van der Waals surface area contributed by atoms with Gasteiger partial charge in [-0.15, -0.1) is 5.10 Å². The minimum absolute atomic E-state index is 0.748. The van der Waals surface area contributed by atoms with E-state index >= 15 is 0 Å². The van der Waals surface area contributed by atoms with Gasteiger partial charge in [0.1, 0.15) is 5.82 Å². The van der Waals surface area contributed by atoms with E-state index in [1.807, 2.05) is 37.3 Å². The van der Waals surface area contributed by atoms with E-state index in [4.69, 9.17) is 0 Å². The molecule has 0 fully saturated rings. The Morgan fingerprint density at radius 1 is 0.857 bits per heavy atom. The van der Waals surface area contributed by atoms with Crippen molar-refractivity contribution < 1.29 is 0 Å². The summed E-state index contributed by atoms with van der Waals surface area (Å²) in [5.74, 6) is 1.69. The van der Waals surface area contributed by atoms with Gasteiger partial charge >= 0.3 is 0 Å². The first-order valence-electron chi connectivity index (χ1n) is 6.95. The van der Waals surface area contributed by atoms with Crippen molar-refractivity contribution in [2.24, 2.45) is 0 Å². The van der Waals surface area contributed by atoms with Crippen LogP contribution in [0.4, 0.5) is 11.6 Å². The number of hydrogen-bond acceptors (Lipinski definition) is 5. The number of fused-ring (bicyclic) bond motifs is 1. The summed E-state index contributed by atoms with van der Waals surface area (Å²) >= 11 is 0. The minimum atomic E-state index is 0.748. The molecule has 0 spiro atoms. The van der Waals surface area contributed by atoms with Crippen LogP contribution >= 0.6 is 0 Å². The first-order valence-corrected chi connectivity index (χ1v) is 6.95. The van der Waals surface area contributed by atoms with Gasteiger partial charge in [-0.2, -0.15) is 5.10 Å². The Kier molecular flexibility index (Phi) is 3.91. The third kappa shape index (κ3) is 3.08. The van der Waals surface area contributed by atoms with Gasteiger partial charge in [0, 0.05) is 30.1 Å². The Balaban J connectivity index is 1.65. The van der Waals surface area contributed by atoms with Crippen molar-refractivity contribution in [3.63, 3.8) is 0 Å².